The molecule has 114 valence electrons. The molecule has 2 unspecified atom stereocenters. The third kappa shape index (κ3) is 2.65. The third-order valence-corrected chi connectivity index (χ3v) is 4.46. The van der Waals surface area contributed by atoms with Gasteiger partial charge in [-0.05, 0) is 32.1 Å². The van der Waals surface area contributed by atoms with Gasteiger partial charge < -0.3 is 15.2 Å². The summed E-state index contributed by atoms with van der Waals surface area (Å²) in [5.74, 6) is 0.200. The van der Waals surface area contributed by atoms with E-state index in [0.717, 1.165) is 19.3 Å². The second kappa shape index (κ2) is 5.14. The smallest absolute Gasteiger partial charge is 0.287 e. The van der Waals surface area contributed by atoms with E-state index in [4.69, 9.17) is 5.73 Å². The number of aromatic nitrogens is 1. The fourth-order valence-electron chi connectivity index (χ4n) is 2.95. The second-order valence-corrected chi connectivity index (χ2v) is 6.14. The average molecular weight is 292 g/mol. The molecule has 1 aliphatic carbocycles. The Hall–Kier alpha value is -1.89. The lowest BCUT2D eigenvalue weighted by Gasteiger charge is -2.18. The number of hydrogen-bond acceptors (Lipinski definition) is 4. The fourth-order valence-corrected chi connectivity index (χ4v) is 2.95. The van der Waals surface area contributed by atoms with Crippen LogP contribution < -0.4 is 5.73 Å². The van der Waals surface area contributed by atoms with Crippen LogP contribution in [0.1, 0.15) is 42.7 Å². The van der Waals surface area contributed by atoms with Crippen molar-refractivity contribution in [2.45, 2.75) is 38.3 Å². The quantitative estimate of drug-likeness (QED) is 0.672. The molecule has 7 nitrogen and oxygen atoms in total. The standard InChI is InChI=1S/C14H20N4O3/c1-9(15)10-4-5-16(7-10)14(19)13-6-12(18(20)21)8-17(13)11-2-3-11/h6,8-11H,2-5,7,15H2,1H3. The van der Waals surface area contributed by atoms with Crippen LogP contribution in [0.3, 0.4) is 0 Å². The zero-order chi connectivity index (χ0) is 15.1. The van der Waals surface area contributed by atoms with Gasteiger partial charge in [0.15, 0.2) is 0 Å². The zero-order valence-electron chi connectivity index (χ0n) is 12.1. The molecule has 1 aromatic rings. The van der Waals surface area contributed by atoms with Crippen LogP contribution in [-0.4, -0.2) is 39.4 Å². The number of nitro groups is 1. The first kappa shape index (κ1) is 14.1. The highest BCUT2D eigenvalue weighted by molar-refractivity contribution is 5.94. The van der Waals surface area contributed by atoms with Gasteiger partial charge in [0.05, 0.1) is 11.1 Å². The Morgan fingerprint density at radius 3 is 2.71 bits per heavy atom. The average Bonchev–Trinajstić information content (AvgIpc) is 3.01. The minimum Gasteiger partial charge on any atom is -0.337 e. The number of rotatable bonds is 4. The minimum absolute atomic E-state index is 0.00631. The second-order valence-electron chi connectivity index (χ2n) is 6.14. The van der Waals surface area contributed by atoms with Crippen LogP contribution in [0.2, 0.25) is 0 Å². The van der Waals surface area contributed by atoms with Gasteiger partial charge in [0.25, 0.3) is 11.6 Å². The Balaban J connectivity index is 1.83. The number of nitrogens with zero attached hydrogens (tertiary/aromatic N) is 3. The maximum absolute atomic E-state index is 12.6. The summed E-state index contributed by atoms with van der Waals surface area (Å²) in [6.07, 6.45) is 4.35. The van der Waals surface area contributed by atoms with Crippen LogP contribution in [0.5, 0.6) is 0 Å². The number of amides is 1. The van der Waals surface area contributed by atoms with Gasteiger partial charge in [0, 0.05) is 31.2 Å². The summed E-state index contributed by atoms with van der Waals surface area (Å²) in [5, 5.41) is 10.9. The zero-order valence-corrected chi connectivity index (χ0v) is 12.1. The summed E-state index contributed by atoms with van der Waals surface area (Å²) in [7, 11) is 0. The third-order valence-electron chi connectivity index (χ3n) is 4.46. The summed E-state index contributed by atoms with van der Waals surface area (Å²) in [6.45, 7) is 3.27. The van der Waals surface area contributed by atoms with E-state index in [1.54, 1.807) is 9.47 Å². The predicted octanol–water partition coefficient (Wildman–Crippen LogP) is 1.54. The number of carbonyl (C=O) groups excluding carboxylic acids is 1. The lowest BCUT2D eigenvalue weighted by atomic mass is 10.0. The van der Waals surface area contributed by atoms with Crippen molar-refractivity contribution < 1.29 is 9.72 Å². The molecule has 1 saturated carbocycles. The lowest BCUT2D eigenvalue weighted by molar-refractivity contribution is -0.384. The van der Waals surface area contributed by atoms with E-state index in [1.807, 2.05) is 6.92 Å². The summed E-state index contributed by atoms with van der Waals surface area (Å²) >= 11 is 0. The van der Waals surface area contributed by atoms with Crippen molar-refractivity contribution in [1.29, 1.82) is 0 Å². The van der Waals surface area contributed by atoms with Gasteiger partial charge >= 0.3 is 0 Å². The van der Waals surface area contributed by atoms with E-state index in [-0.39, 0.29) is 23.7 Å². The predicted molar refractivity (Wildman–Crippen MR) is 77.0 cm³/mol. The van der Waals surface area contributed by atoms with E-state index in [0.29, 0.717) is 24.7 Å². The molecule has 2 aliphatic rings. The van der Waals surface area contributed by atoms with Crippen molar-refractivity contribution in [3.8, 4) is 0 Å². The Morgan fingerprint density at radius 2 is 2.19 bits per heavy atom. The molecule has 2 atom stereocenters. The number of carbonyl (C=O) groups is 1. The van der Waals surface area contributed by atoms with Gasteiger partial charge in [-0.1, -0.05) is 0 Å². The molecule has 0 bridgehead atoms. The molecule has 2 heterocycles. The highest BCUT2D eigenvalue weighted by Crippen LogP contribution is 2.38. The van der Waals surface area contributed by atoms with Gasteiger partial charge in [-0.25, -0.2) is 0 Å². The van der Waals surface area contributed by atoms with Crippen LogP contribution in [0.4, 0.5) is 5.69 Å². The van der Waals surface area contributed by atoms with E-state index >= 15 is 0 Å². The van der Waals surface area contributed by atoms with Crippen molar-refractivity contribution >= 4 is 11.6 Å². The topological polar surface area (TPSA) is 94.4 Å². The molecule has 2 N–H and O–H groups in total. The molecule has 0 aromatic carbocycles. The molecule has 7 heteroatoms. The fraction of sp³-hybridized carbons (Fsp3) is 0.643. The molecule has 21 heavy (non-hydrogen) atoms. The largest absolute Gasteiger partial charge is 0.337 e. The highest BCUT2D eigenvalue weighted by Gasteiger charge is 2.34. The van der Waals surface area contributed by atoms with Crippen molar-refractivity contribution in [3.63, 3.8) is 0 Å². The van der Waals surface area contributed by atoms with E-state index in [9.17, 15) is 14.9 Å². The number of nitrogens with two attached hydrogens (primary N) is 1. The SMILES string of the molecule is CC(N)C1CCN(C(=O)c2cc([N+](=O)[O-])cn2C2CC2)C1. The summed E-state index contributed by atoms with van der Waals surface area (Å²) < 4.78 is 1.78. The Labute approximate surface area is 122 Å². The van der Waals surface area contributed by atoms with Crippen LogP contribution in [-0.2, 0) is 0 Å². The summed E-state index contributed by atoms with van der Waals surface area (Å²) in [6, 6.07) is 1.71. The van der Waals surface area contributed by atoms with E-state index in [1.165, 1.54) is 12.3 Å². The Bertz CT molecular complexity index is 577. The number of hydrogen-bond donors (Lipinski definition) is 1. The normalized spacial score (nSPS) is 23.3. The van der Waals surface area contributed by atoms with Gasteiger partial charge in [0.2, 0.25) is 0 Å². The molecule has 1 aliphatic heterocycles. The van der Waals surface area contributed by atoms with E-state index in [2.05, 4.69) is 0 Å². The molecular formula is C14H20N4O3. The van der Waals surface area contributed by atoms with Crippen molar-refractivity contribution in [2.75, 3.05) is 13.1 Å². The Kier molecular flexibility index (Phi) is 3.44. The number of likely N-dealkylation sites (tertiary alicyclic amines) is 1. The van der Waals surface area contributed by atoms with Gasteiger partial charge in [0.1, 0.15) is 5.69 Å². The molecule has 3 rings (SSSR count). The first-order chi connectivity index (χ1) is 9.97. The maximum atomic E-state index is 12.6. The van der Waals surface area contributed by atoms with Gasteiger partial charge in [-0.2, -0.15) is 0 Å². The minimum atomic E-state index is -0.440. The van der Waals surface area contributed by atoms with Crippen LogP contribution in [0.15, 0.2) is 12.3 Å². The van der Waals surface area contributed by atoms with E-state index < -0.39 is 4.92 Å². The Morgan fingerprint density at radius 1 is 1.48 bits per heavy atom. The molecule has 0 radical (unpaired) electrons. The summed E-state index contributed by atoms with van der Waals surface area (Å²) in [4.78, 5) is 24.9. The lowest BCUT2D eigenvalue weighted by Crippen LogP contribution is -2.33. The van der Waals surface area contributed by atoms with Crippen molar-refractivity contribution in [2.24, 2.45) is 11.7 Å². The van der Waals surface area contributed by atoms with Crippen LogP contribution >= 0.6 is 0 Å². The van der Waals surface area contributed by atoms with Crippen molar-refractivity contribution in [1.82, 2.24) is 9.47 Å². The molecule has 0 spiro atoms. The van der Waals surface area contributed by atoms with Gasteiger partial charge in [-0.15, -0.1) is 0 Å². The summed E-state index contributed by atoms with van der Waals surface area (Å²) in [5.41, 5.74) is 6.33. The van der Waals surface area contributed by atoms with Crippen molar-refractivity contribution in [3.05, 3.63) is 28.1 Å². The maximum Gasteiger partial charge on any atom is 0.287 e. The van der Waals surface area contributed by atoms with Crippen LogP contribution in [0, 0.1) is 16.0 Å². The first-order valence-corrected chi connectivity index (χ1v) is 7.38. The highest BCUT2D eigenvalue weighted by atomic mass is 16.6. The van der Waals surface area contributed by atoms with Crippen LogP contribution in [0.25, 0.3) is 0 Å². The first-order valence-electron chi connectivity index (χ1n) is 7.38. The molecule has 1 saturated heterocycles. The molecule has 1 amide bonds. The molecule has 1 aromatic heterocycles. The molecular weight excluding hydrogens is 272 g/mol. The monoisotopic (exact) mass is 292 g/mol. The van der Waals surface area contributed by atoms with Gasteiger partial charge in [-0.3, -0.25) is 14.9 Å². The molecule has 2 fully saturated rings.